The van der Waals surface area contributed by atoms with Crippen LogP contribution in [0, 0.1) is 0 Å². The van der Waals surface area contributed by atoms with Gasteiger partial charge in [-0.05, 0) is 37.9 Å². The third kappa shape index (κ3) is 4.68. The molecule has 22 heavy (non-hydrogen) atoms. The first kappa shape index (κ1) is 15.3. The Kier molecular flexibility index (Phi) is 5.62. The van der Waals surface area contributed by atoms with Crippen LogP contribution in [-0.2, 0) is 13.0 Å². The first-order valence-electron chi connectivity index (χ1n) is 8.35. The molecule has 1 aromatic carbocycles. The molecule has 0 saturated carbocycles. The van der Waals surface area contributed by atoms with Gasteiger partial charge in [-0.3, -0.25) is 0 Å². The Hall–Kier alpha value is -1.65. The second-order valence-electron chi connectivity index (χ2n) is 6.11. The average molecular weight is 298 g/mol. The molecular weight excluding hydrogens is 272 g/mol. The number of imidazole rings is 1. The molecule has 1 N–H and O–H groups in total. The van der Waals surface area contributed by atoms with E-state index in [1.165, 1.54) is 44.5 Å². The van der Waals surface area contributed by atoms with Crippen molar-refractivity contribution in [2.45, 2.75) is 31.8 Å². The van der Waals surface area contributed by atoms with E-state index in [-0.39, 0.29) is 0 Å². The quantitative estimate of drug-likeness (QED) is 0.850. The van der Waals surface area contributed by atoms with Gasteiger partial charge in [0.15, 0.2) is 0 Å². The van der Waals surface area contributed by atoms with Crippen molar-refractivity contribution in [1.29, 1.82) is 0 Å². The summed E-state index contributed by atoms with van der Waals surface area (Å²) in [7, 11) is 0. The summed E-state index contributed by atoms with van der Waals surface area (Å²) in [4.78, 5) is 6.67. The van der Waals surface area contributed by atoms with Crippen molar-refractivity contribution in [3.63, 3.8) is 0 Å². The number of piperidine rings is 1. The number of likely N-dealkylation sites (tertiary alicyclic amines) is 1. The van der Waals surface area contributed by atoms with Crippen molar-refractivity contribution in [2.24, 2.45) is 0 Å². The minimum atomic E-state index is 0.677. The molecule has 0 unspecified atom stereocenters. The maximum atomic E-state index is 4.07. The van der Waals surface area contributed by atoms with Crippen molar-refractivity contribution in [1.82, 2.24) is 19.8 Å². The summed E-state index contributed by atoms with van der Waals surface area (Å²) in [6, 6.07) is 11.5. The van der Waals surface area contributed by atoms with Crippen LogP contribution >= 0.6 is 0 Å². The van der Waals surface area contributed by atoms with Crippen LogP contribution in [0.5, 0.6) is 0 Å². The summed E-state index contributed by atoms with van der Waals surface area (Å²) >= 11 is 0. The zero-order chi connectivity index (χ0) is 15.0. The molecule has 4 nitrogen and oxygen atoms in total. The zero-order valence-corrected chi connectivity index (χ0v) is 13.2. The lowest BCUT2D eigenvalue weighted by Gasteiger charge is -2.32. The van der Waals surface area contributed by atoms with Gasteiger partial charge in [-0.15, -0.1) is 0 Å². The lowest BCUT2D eigenvalue weighted by atomic mass is 10.0. The van der Waals surface area contributed by atoms with Gasteiger partial charge in [-0.25, -0.2) is 4.98 Å². The van der Waals surface area contributed by atoms with E-state index in [1.807, 2.05) is 18.7 Å². The fraction of sp³-hybridized carbons (Fsp3) is 0.500. The van der Waals surface area contributed by atoms with Gasteiger partial charge in [0.25, 0.3) is 0 Å². The van der Waals surface area contributed by atoms with E-state index in [0.29, 0.717) is 6.04 Å². The number of nitrogens with zero attached hydrogens (tertiary/aromatic N) is 3. The fourth-order valence-corrected chi connectivity index (χ4v) is 3.11. The summed E-state index contributed by atoms with van der Waals surface area (Å²) in [6.45, 7) is 5.66. The molecule has 1 aliphatic rings. The highest BCUT2D eigenvalue weighted by molar-refractivity contribution is 5.14. The van der Waals surface area contributed by atoms with Gasteiger partial charge in [0.05, 0.1) is 6.33 Å². The summed E-state index contributed by atoms with van der Waals surface area (Å²) in [5.74, 6) is 0. The maximum Gasteiger partial charge on any atom is 0.0946 e. The van der Waals surface area contributed by atoms with E-state index >= 15 is 0 Å². The minimum Gasteiger partial charge on any atom is -0.336 e. The highest BCUT2D eigenvalue weighted by atomic mass is 15.1. The molecule has 118 valence electrons. The molecule has 1 aromatic heterocycles. The SMILES string of the molecule is c1ccc(CCN2CCC(NCCn3ccnc3)CC2)cc1. The molecule has 0 amide bonds. The van der Waals surface area contributed by atoms with Crippen molar-refractivity contribution in [2.75, 3.05) is 26.2 Å². The lowest BCUT2D eigenvalue weighted by Crippen LogP contribution is -2.43. The minimum absolute atomic E-state index is 0.677. The van der Waals surface area contributed by atoms with Gasteiger partial charge < -0.3 is 14.8 Å². The van der Waals surface area contributed by atoms with Crippen LogP contribution in [0.15, 0.2) is 49.1 Å². The lowest BCUT2D eigenvalue weighted by molar-refractivity contribution is 0.199. The second kappa shape index (κ2) is 8.11. The molecule has 4 heteroatoms. The van der Waals surface area contributed by atoms with E-state index in [4.69, 9.17) is 0 Å². The Balaban J connectivity index is 1.30. The van der Waals surface area contributed by atoms with Crippen LogP contribution < -0.4 is 5.32 Å². The summed E-state index contributed by atoms with van der Waals surface area (Å²) in [5.41, 5.74) is 1.45. The van der Waals surface area contributed by atoms with Gasteiger partial charge in [-0.2, -0.15) is 0 Å². The first-order chi connectivity index (χ1) is 10.9. The van der Waals surface area contributed by atoms with E-state index in [1.54, 1.807) is 0 Å². The molecule has 0 radical (unpaired) electrons. The standard InChI is InChI=1S/C18H26N4/c1-2-4-17(5-3-1)6-11-21-12-7-18(8-13-21)20-10-15-22-14-9-19-16-22/h1-5,9,14,16,18,20H,6-8,10-13,15H2. The molecular formula is C18H26N4. The highest BCUT2D eigenvalue weighted by Gasteiger charge is 2.18. The zero-order valence-electron chi connectivity index (χ0n) is 13.2. The molecule has 1 saturated heterocycles. The van der Waals surface area contributed by atoms with E-state index < -0.39 is 0 Å². The van der Waals surface area contributed by atoms with Crippen molar-refractivity contribution in [3.8, 4) is 0 Å². The largest absolute Gasteiger partial charge is 0.336 e. The van der Waals surface area contributed by atoms with Crippen LogP contribution in [0.4, 0.5) is 0 Å². The molecule has 0 aliphatic carbocycles. The highest BCUT2D eigenvalue weighted by Crippen LogP contribution is 2.11. The number of hydrogen-bond acceptors (Lipinski definition) is 3. The Morgan fingerprint density at radius 2 is 1.91 bits per heavy atom. The topological polar surface area (TPSA) is 33.1 Å². The summed E-state index contributed by atoms with van der Waals surface area (Å²) in [6.07, 6.45) is 9.43. The molecule has 1 fully saturated rings. The second-order valence-corrected chi connectivity index (χ2v) is 6.11. The molecule has 0 atom stereocenters. The molecule has 0 bridgehead atoms. The number of rotatable bonds is 7. The Labute approximate surface area is 133 Å². The van der Waals surface area contributed by atoms with Crippen LogP contribution in [-0.4, -0.2) is 46.7 Å². The smallest absolute Gasteiger partial charge is 0.0946 e. The molecule has 1 aliphatic heterocycles. The van der Waals surface area contributed by atoms with Crippen molar-refractivity contribution >= 4 is 0 Å². The molecule has 3 rings (SSSR count). The molecule has 2 aromatic rings. The Morgan fingerprint density at radius 1 is 1.09 bits per heavy atom. The first-order valence-corrected chi connectivity index (χ1v) is 8.35. The van der Waals surface area contributed by atoms with Gasteiger partial charge in [0.2, 0.25) is 0 Å². The van der Waals surface area contributed by atoms with E-state index in [0.717, 1.165) is 13.1 Å². The normalized spacial score (nSPS) is 16.9. The van der Waals surface area contributed by atoms with E-state index in [2.05, 4.69) is 50.1 Å². The fourth-order valence-electron chi connectivity index (χ4n) is 3.11. The molecule has 2 heterocycles. The predicted molar refractivity (Wildman–Crippen MR) is 89.8 cm³/mol. The van der Waals surface area contributed by atoms with Crippen LogP contribution in [0.3, 0.4) is 0 Å². The monoisotopic (exact) mass is 298 g/mol. The van der Waals surface area contributed by atoms with Crippen LogP contribution in [0.25, 0.3) is 0 Å². The number of aromatic nitrogens is 2. The number of nitrogens with one attached hydrogen (secondary N) is 1. The van der Waals surface area contributed by atoms with Crippen LogP contribution in [0.2, 0.25) is 0 Å². The van der Waals surface area contributed by atoms with Crippen molar-refractivity contribution in [3.05, 3.63) is 54.6 Å². The van der Waals surface area contributed by atoms with Crippen molar-refractivity contribution < 1.29 is 0 Å². The van der Waals surface area contributed by atoms with Crippen LogP contribution in [0.1, 0.15) is 18.4 Å². The van der Waals surface area contributed by atoms with Gasteiger partial charge in [0, 0.05) is 38.1 Å². The Bertz CT molecular complexity index is 515. The summed E-state index contributed by atoms with van der Waals surface area (Å²) < 4.78 is 2.13. The van der Waals surface area contributed by atoms with Gasteiger partial charge in [0.1, 0.15) is 0 Å². The Morgan fingerprint density at radius 3 is 2.64 bits per heavy atom. The maximum absolute atomic E-state index is 4.07. The number of hydrogen-bond donors (Lipinski definition) is 1. The third-order valence-corrected chi connectivity index (χ3v) is 4.51. The average Bonchev–Trinajstić information content (AvgIpc) is 3.08. The number of benzene rings is 1. The van der Waals surface area contributed by atoms with E-state index in [9.17, 15) is 0 Å². The predicted octanol–water partition coefficient (Wildman–Crippen LogP) is 2.18. The van der Waals surface area contributed by atoms with Gasteiger partial charge >= 0.3 is 0 Å². The summed E-state index contributed by atoms with van der Waals surface area (Å²) in [5, 5.41) is 3.68. The third-order valence-electron chi connectivity index (χ3n) is 4.51. The van der Waals surface area contributed by atoms with Gasteiger partial charge in [-0.1, -0.05) is 30.3 Å². The molecule has 0 spiro atoms.